The van der Waals surface area contributed by atoms with Gasteiger partial charge in [-0.3, -0.25) is 0 Å². The molecule has 0 radical (unpaired) electrons. The van der Waals surface area contributed by atoms with E-state index in [-0.39, 0.29) is 5.95 Å². The average Bonchev–Trinajstić information content (AvgIpc) is 2.26. The zero-order valence-electron chi connectivity index (χ0n) is 9.58. The van der Waals surface area contributed by atoms with E-state index in [1.807, 2.05) is 0 Å². The minimum Gasteiger partial charge on any atom is -0.383 e. The van der Waals surface area contributed by atoms with Crippen LogP contribution < -0.4 is 22.5 Å². The monoisotopic (exact) mass is 264 g/mol. The predicted octanol–water partition coefficient (Wildman–Crippen LogP) is 0.206. The summed E-state index contributed by atoms with van der Waals surface area (Å²) in [6.45, 7) is 0. The minimum atomic E-state index is 0.168. The molecule has 0 aliphatic rings. The Morgan fingerprint density at radius 3 is 2.28 bits per heavy atom. The van der Waals surface area contributed by atoms with Crippen LogP contribution >= 0.6 is 11.8 Å². The molecule has 0 aliphatic carbocycles. The van der Waals surface area contributed by atoms with E-state index in [0.29, 0.717) is 27.6 Å². The van der Waals surface area contributed by atoms with Crippen molar-refractivity contribution in [2.24, 2.45) is 0 Å². The van der Waals surface area contributed by atoms with Crippen molar-refractivity contribution < 1.29 is 0 Å². The number of nitrogens with zero attached hydrogens (tertiary/aromatic N) is 4. The van der Waals surface area contributed by atoms with Crippen LogP contribution in [-0.4, -0.2) is 27.0 Å². The van der Waals surface area contributed by atoms with Crippen molar-refractivity contribution in [2.45, 2.75) is 10.2 Å². The highest BCUT2D eigenvalue weighted by Crippen LogP contribution is 2.26. The molecule has 2 aromatic heterocycles. The number of nitrogens with one attached hydrogen (secondary N) is 1. The first-order valence-corrected chi connectivity index (χ1v) is 5.78. The van der Waals surface area contributed by atoms with Gasteiger partial charge in [-0.25, -0.2) is 15.0 Å². The lowest BCUT2D eigenvalue weighted by Crippen LogP contribution is -2.02. The van der Waals surface area contributed by atoms with Crippen molar-refractivity contribution >= 4 is 35.2 Å². The van der Waals surface area contributed by atoms with Crippen LogP contribution in [0.15, 0.2) is 22.3 Å². The Labute approximate surface area is 107 Å². The first kappa shape index (κ1) is 12.2. The largest absolute Gasteiger partial charge is 0.383 e. The summed E-state index contributed by atoms with van der Waals surface area (Å²) in [5, 5.41) is 3.90. The van der Waals surface area contributed by atoms with Gasteiger partial charge in [-0.1, -0.05) is 0 Å². The SMILES string of the molecule is CNc1cc(Sc2nc(N)cc(N)n2)nc(N)n1. The summed E-state index contributed by atoms with van der Waals surface area (Å²) < 4.78 is 0. The van der Waals surface area contributed by atoms with Crippen LogP contribution in [0.25, 0.3) is 0 Å². The Balaban J connectivity index is 2.30. The quantitative estimate of drug-likeness (QED) is 0.451. The number of hydrogen-bond donors (Lipinski definition) is 4. The second-order valence-electron chi connectivity index (χ2n) is 3.30. The molecule has 0 amide bonds. The number of anilines is 4. The summed E-state index contributed by atoms with van der Waals surface area (Å²) in [7, 11) is 1.74. The summed E-state index contributed by atoms with van der Waals surface area (Å²) in [6, 6.07) is 3.21. The summed E-state index contributed by atoms with van der Waals surface area (Å²) in [4.78, 5) is 16.1. The molecule has 0 saturated heterocycles. The van der Waals surface area contributed by atoms with Crippen LogP contribution in [0.4, 0.5) is 23.4 Å². The van der Waals surface area contributed by atoms with Gasteiger partial charge >= 0.3 is 0 Å². The predicted molar refractivity (Wildman–Crippen MR) is 71.0 cm³/mol. The van der Waals surface area contributed by atoms with E-state index in [2.05, 4.69) is 25.3 Å². The normalized spacial score (nSPS) is 10.3. The molecule has 0 unspecified atom stereocenters. The van der Waals surface area contributed by atoms with E-state index in [1.165, 1.54) is 17.8 Å². The molecule has 0 spiro atoms. The molecule has 94 valence electrons. The van der Waals surface area contributed by atoms with Gasteiger partial charge in [0.15, 0.2) is 5.16 Å². The lowest BCUT2D eigenvalue weighted by atomic mass is 10.5. The fourth-order valence-electron chi connectivity index (χ4n) is 1.22. The second kappa shape index (κ2) is 4.92. The van der Waals surface area contributed by atoms with Crippen LogP contribution in [0.5, 0.6) is 0 Å². The number of rotatable bonds is 3. The molecular formula is C9H12N8S. The summed E-state index contributed by atoms with van der Waals surface area (Å²) >= 11 is 1.21. The molecule has 8 nitrogen and oxygen atoms in total. The van der Waals surface area contributed by atoms with Crippen LogP contribution in [-0.2, 0) is 0 Å². The Morgan fingerprint density at radius 2 is 1.67 bits per heavy atom. The minimum absolute atomic E-state index is 0.168. The maximum absolute atomic E-state index is 5.58. The summed E-state index contributed by atoms with van der Waals surface area (Å²) in [5.74, 6) is 1.39. The Kier molecular flexibility index (Phi) is 3.33. The van der Waals surface area contributed by atoms with Crippen LogP contribution in [0.1, 0.15) is 0 Å². The third-order valence-electron chi connectivity index (χ3n) is 1.92. The van der Waals surface area contributed by atoms with Crippen LogP contribution in [0.2, 0.25) is 0 Å². The molecule has 0 fully saturated rings. The lowest BCUT2D eigenvalue weighted by Gasteiger charge is -2.05. The standard InChI is InChI=1S/C9H12N8S/c1-13-6-3-7(17-8(12)16-6)18-9-14-4(10)2-5(11)15-9/h2-3H,1H3,(H4,10,11,14,15)(H3,12,13,16,17). The van der Waals surface area contributed by atoms with E-state index in [0.717, 1.165) is 0 Å². The maximum Gasteiger partial charge on any atom is 0.223 e. The molecule has 0 bridgehead atoms. The third-order valence-corrected chi connectivity index (χ3v) is 2.70. The van der Waals surface area contributed by atoms with Crippen molar-refractivity contribution in [1.82, 2.24) is 19.9 Å². The number of nitrogen functional groups attached to an aromatic ring is 3. The molecular weight excluding hydrogens is 252 g/mol. The van der Waals surface area contributed by atoms with Crippen molar-refractivity contribution in [3.63, 3.8) is 0 Å². The Morgan fingerprint density at radius 1 is 1.00 bits per heavy atom. The number of aromatic nitrogens is 4. The molecule has 2 heterocycles. The van der Waals surface area contributed by atoms with Gasteiger partial charge in [0, 0.05) is 19.2 Å². The first-order chi connectivity index (χ1) is 8.56. The highest BCUT2D eigenvalue weighted by molar-refractivity contribution is 7.99. The molecule has 18 heavy (non-hydrogen) atoms. The van der Waals surface area contributed by atoms with Crippen LogP contribution in [0, 0.1) is 0 Å². The Bertz CT molecular complexity index is 552. The number of nitrogens with two attached hydrogens (primary N) is 3. The molecule has 2 aromatic rings. The molecule has 0 aromatic carbocycles. The van der Waals surface area contributed by atoms with Crippen molar-refractivity contribution in [3.8, 4) is 0 Å². The molecule has 0 atom stereocenters. The zero-order valence-corrected chi connectivity index (χ0v) is 10.4. The Hall–Kier alpha value is -2.29. The van der Waals surface area contributed by atoms with Crippen LogP contribution in [0.3, 0.4) is 0 Å². The van der Waals surface area contributed by atoms with E-state index >= 15 is 0 Å². The number of hydrogen-bond acceptors (Lipinski definition) is 9. The third kappa shape index (κ3) is 2.88. The van der Waals surface area contributed by atoms with Gasteiger partial charge in [-0.15, -0.1) is 0 Å². The first-order valence-electron chi connectivity index (χ1n) is 4.97. The molecule has 2 rings (SSSR count). The van der Waals surface area contributed by atoms with Gasteiger partial charge in [0.25, 0.3) is 0 Å². The highest BCUT2D eigenvalue weighted by atomic mass is 32.2. The second-order valence-corrected chi connectivity index (χ2v) is 4.29. The van der Waals surface area contributed by atoms with Gasteiger partial charge in [-0.05, 0) is 11.8 Å². The summed E-state index contributed by atoms with van der Waals surface area (Å²) in [5.41, 5.74) is 16.8. The summed E-state index contributed by atoms with van der Waals surface area (Å²) in [6.07, 6.45) is 0. The van der Waals surface area contributed by atoms with E-state index in [9.17, 15) is 0 Å². The zero-order chi connectivity index (χ0) is 13.1. The van der Waals surface area contributed by atoms with Gasteiger partial charge in [0.05, 0.1) is 0 Å². The molecule has 9 heteroatoms. The fraction of sp³-hybridized carbons (Fsp3) is 0.111. The topological polar surface area (TPSA) is 142 Å². The van der Waals surface area contributed by atoms with Gasteiger partial charge in [-0.2, -0.15) is 4.98 Å². The molecule has 0 saturated carbocycles. The van der Waals surface area contributed by atoms with Gasteiger partial charge in [0.2, 0.25) is 5.95 Å². The van der Waals surface area contributed by atoms with Crippen molar-refractivity contribution in [1.29, 1.82) is 0 Å². The van der Waals surface area contributed by atoms with E-state index in [1.54, 1.807) is 13.1 Å². The average molecular weight is 264 g/mol. The smallest absolute Gasteiger partial charge is 0.223 e. The maximum atomic E-state index is 5.58. The fourth-order valence-corrected chi connectivity index (χ4v) is 2.02. The van der Waals surface area contributed by atoms with Gasteiger partial charge in [0.1, 0.15) is 22.5 Å². The van der Waals surface area contributed by atoms with Gasteiger partial charge < -0.3 is 22.5 Å². The van der Waals surface area contributed by atoms with E-state index in [4.69, 9.17) is 17.2 Å². The van der Waals surface area contributed by atoms with Crippen molar-refractivity contribution in [3.05, 3.63) is 12.1 Å². The molecule has 7 N–H and O–H groups in total. The molecule has 0 aliphatic heterocycles. The lowest BCUT2D eigenvalue weighted by molar-refractivity contribution is 0.973. The highest BCUT2D eigenvalue weighted by Gasteiger charge is 2.07. The van der Waals surface area contributed by atoms with Crippen molar-refractivity contribution in [2.75, 3.05) is 29.6 Å². The van der Waals surface area contributed by atoms with E-state index < -0.39 is 0 Å².